The summed E-state index contributed by atoms with van der Waals surface area (Å²) < 4.78 is 54.4. The van der Waals surface area contributed by atoms with E-state index in [4.69, 9.17) is 11.6 Å². The number of nitrogens with one attached hydrogen (secondary N) is 1. The van der Waals surface area contributed by atoms with Crippen molar-refractivity contribution >= 4 is 23.2 Å². The van der Waals surface area contributed by atoms with E-state index in [2.05, 4.69) is 20.5 Å². The van der Waals surface area contributed by atoms with Crippen LogP contribution in [0.5, 0.6) is 0 Å². The van der Waals surface area contributed by atoms with Gasteiger partial charge in [0.1, 0.15) is 11.4 Å². The predicted octanol–water partition coefficient (Wildman–Crippen LogP) is 6.27. The molecule has 0 saturated heterocycles. The Kier molecular flexibility index (Phi) is 5.76. The molecule has 0 radical (unpaired) electrons. The molecule has 1 aliphatic rings. The Morgan fingerprint density at radius 3 is 2.46 bits per heavy atom. The highest BCUT2D eigenvalue weighted by Gasteiger charge is 2.36. The number of nitrogens with zero attached hydrogens (tertiary/aromatic N) is 4. The summed E-state index contributed by atoms with van der Waals surface area (Å²) >= 11 is 6.19. The molecule has 0 bridgehead atoms. The second kappa shape index (κ2) is 8.77. The monoisotopic (exact) mass is 501 g/mol. The Morgan fingerprint density at radius 2 is 1.80 bits per heavy atom. The molecule has 6 nitrogen and oxygen atoms in total. The van der Waals surface area contributed by atoms with Crippen LogP contribution in [0.25, 0.3) is 16.9 Å². The Labute approximate surface area is 201 Å². The van der Waals surface area contributed by atoms with E-state index < -0.39 is 29.3 Å². The normalized spacial score (nSPS) is 13.6. The second-order valence-electron chi connectivity index (χ2n) is 8.07. The van der Waals surface area contributed by atoms with Crippen molar-refractivity contribution < 1.29 is 22.4 Å². The quantitative estimate of drug-likeness (QED) is 0.327. The number of hydrogen-bond donors (Lipinski definition) is 1. The Morgan fingerprint density at radius 1 is 1.06 bits per heavy atom. The number of halogens is 5. The standard InChI is InChI=1S/C24H16ClF4N5O/c25-21-10-15(26)4-6-17(21)14-3-5-18(19(9-14)13-1-2-13)23(35)33-16-11-20(24(27,28)29)22(30-12-16)34-31-7-8-32-34/h3-13H,1-2H2,(H,33,35). The van der Waals surface area contributed by atoms with E-state index in [0.717, 1.165) is 35.5 Å². The minimum atomic E-state index is -4.74. The minimum Gasteiger partial charge on any atom is -0.321 e. The molecular formula is C24H16ClF4N5O. The van der Waals surface area contributed by atoms with E-state index in [9.17, 15) is 22.4 Å². The maximum absolute atomic E-state index is 13.7. The highest BCUT2D eigenvalue weighted by molar-refractivity contribution is 6.33. The number of carbonyl (C=O) groups excluding carboxylic acids is 1. The van der Waals surface area contributed by atoms with Gasteiger partial charge in [-0.2, -0.15) is 23.4 Å². The van der Waals surface area contributed by atoms with Crippen molar-refractivity contribution in [3.8, 4) is 16.9 Å². The van der Waals surface area contributed by atoms with Crippen LogP contribution in [0.1, 0.15) is 40.2 Å². The first-order valence-electron chi connectivity index (χ1n) is 10.6. The zero-order valence-corrected chi connectivity index (χ0v) is 18.6. The fourth-order valence-corrected chi connectivity index (χ4v) is 4.09. The molecule has 1 N–H and O–H groups in total. The van der Waals surface area contributed by atoms with Gasteiger partial charge in [0.15, 0.2) is 5.82 Å². The lowest BCUT2D eigenvalue weighted by Crippen LogP contribution is -2.18. The van der Waals surface area contributed by atoms with Gasteiger partial charge in [-0.1, -0.05) is 23.7 Å². The van der Waals surface area contributed by atoms with Crippen LogP contribution in [-0.4, -0.2) is 25.9 Å². The Balaban J connectivity index is 1.47. The molecule has 178 valence electrons. The zero-order chi connectivity index (χ0) is 24.7. The van der Waals surface area contributed by atoms with E-state index in [0.29, 0.717) is 16.7 Å². The SMILES string of the molecule is O=C(Nc1cnc(-n2nccn2)c(C(F)(F)F)c1)c1ccc(-c2ccc(F)cc2Cl)cc1C1CC1. The van der Waals surface area contributed by atoms with Crippen LogP contribution in [-0.2, 0) is 6.18 Å². The summed E-state index contributed by atoms with van der Waals surface area (Å²) in [6.07, 6.45) is 0.610. The number of anilines is 1. The van der Waals surface area contributed by atoms with Gasteiger partial charge in [-0.25, -0.2) is 9.37 Å². The molecule has 0 atom stereocenters. The molecule has 11 heteroatoms. The molecule has 0 aliphatic heterocycles. The molecule has 1 fully saturated rings. The number of pyridine rings is 1. The fourth-order valence-electron chi connectivity index (χ4n) is 3.81. The summed E-state index contributed by atoms with van der Waals surface area (Å²) in [5, 5.41) is 10.2. The zero-order valence-electron chi connectivity index (χ0n) is 17.9. The molecule has 2 heterocycles. The van der Waals surface area contributed by atoms with Crippen LogP contribution in [0.4, 0.5) is 23.2 Å². The summed E-state index contributed by atoms with van der Waals surface area (Å²) in [5.41, 5.74) is 1.21. The molecule has 1 saturated carbocycles. The maximum Gasteiger partial charge on any atom is 0.420 e. The van der Waals surface area contributed by atoms with E-state index in [-0.39, 0.29) is 16.6 Å². The Hall–Kier alpha value is -3.79. The molecule has 35 heavy (non-hydrogen) atoms. The van der Waals surface area contributed by atoms with Crippen molar-refractivity contribution in [2.75, 3.05) is 5.32 Å². The van der Waals surface area contributed by atoms with Crippen molar-refractivity contribution in [2.45, 2.75) is 24.9 Å². The molecule has 2 aromatic heterocycles. The average Bonchev–Trinajstić information content (AvgIpc) is 3.52. The summed E-state index contributed by atoms with van der Waals surface area (Å²) in [7, 11) is 0. The van der Waals surface area contributed by atoms with Crippen LogP contribution in [0.3, 0.4) is 0 Å². The average molecular weight is 502 g/mol. The Bertz CT molecular complexity index is 1420. The van der Waals surface area contributed by atoms with Gasteiger partial charge in [0, 0.05) is 11.1 Å². The molecule has 4 aromatic rings. The van der Waals surface area contributed by atoms with Gasteiger partial charge in [-0.3, -0.25) is 4.79 Å². The fraction of sp³-hybridized carbons (Fsp3) is 0.167. The number of aromatic nitrogens is 4. The first-order chi connectivity index (χ1) is 16.7. The topological polar surface area (TPSA) is 72.7 Å². The summed E-state index contributed by atoms with van der Waals surface area (Å²) in [4.78, 5) is 17.7. The molecular weight excluding hydrogens is 486 g/mol. The third-order valence-corrected chi connectivity index (χ3v) is 5.91. The smallest absolute Gasteiger partial charge is 0.321 e. The summed E-state index contributed by atoms with van der Waals surface area (Å²) in [5.74, 6) is -1.38. The van der Waals surface area contributed by atoms with E-state index >= 15 is 0 Å². The van der Waals surface area contributed by atoms with Crippen LogP contribution in [0, 0.1) is 5.82 Å². The molecule has 0 spiro atoms. The van der Waals surface area contributed by atoms with E-state index in [1.807, 2.05) is 6.07 Å². The predicted molar refractivity (Wildman–Crippen MR) is 121 cm³/mol. The lowest BCUT2D eigenvalue weighted by Gasteiger charge is -2.15. The summed E-state index contributed by atoms with van der Waals surface area (Å²) in [6.45, 7) is 0. The highest BCUT2D eigenvalue weighted by Crippen LogP contribution is 2.44. The largest absolute Gasteiger partial charge is 0.420 e. The van der Waals surface area contributed by atoms with Gasteiger partial charge >= 0.3 is 6.18 Å². The first kappa shape index (κ1) is 23.0. The van der Waals surface area contributed by atoms with Crippen LogP contribution < -0.4 is 5.32 Å². The van der Waals surface area contributed by atoms with Crippen LogP contribution >= 0.6 is 11.6 Å². The van der Waals surface area contributed by atoms with Gasteiger partial charge < -0.3 is 5.32 Å². The first-order valence-corrected chi connectivity index (χ1v) is 10.9. The number of carbonyl (C=O) groups is 1. The number of benzene rings is 2. The number of hydrogen-bond acceptors (Lipinski definition) is 4. The molecule has 1 aliphatic carbocycles. The molecule has 2 aromatic carbocycles. The molecule has 0 unspecified atom stereocenters. The highest BCUT2D eigenvalue weighted by atomic mass is 35.5. The lowest BCUT2D eigenvalue weighted by atomic mass is 9.96. The summed E-state index contributed by atoms with van der Waals surface area (Å²) in [6, 6.07) is 9.95. The molecule has 5 rings (SSSR count). The van der Waals surface area contributed by atoms with E-state index in [1.165, 1.54) is 24.5 Å². The van der Waals surface area contributed by atoms with Gasteiger partial charge in [-0.15, -0.1) is 4.80 Å². The van der Waals surface area contributed by atoms with Crippen LogP contribution in [0.15, 0.2) is 61.1 Å². The number of rotatable bonds is 5. The van der Waals surface area contributed by atoms with Crippen molar-refractivity contribution in [2.24, 2.45) is 0 Å². The van der Waals surface area contributed by atoms with Crippen molar-refractivity contribution in [1.82, 2.24) is 20.0 Å². The van der Waals surface area contributed by atoms with Gasteiger partial charge in [0.25, 0.3) is 5.91 Å². The van der Waals surface area contributed by atoms with Gasteiger partial charge in [0.2, 0.25) is 0 Å². The van der Waals surface area contributed by atoms with Crippen molar-refractivity contribution in [3.05, 3.63) is 88.6 Å². The van der Waals surface area contributed by atoms with Gasteiger partial charge in [0.05, 0.1) is 29.3 Å². The second-order valence-corrected chi connectivity index (χ2v) is 8.47. The third-order valence-electron chi connectivity index (χ3n) is 5.59. The van der Waals surface area contributed by atoms with Gasteiger partial charge in [-0.05, 0) is 60.2 Å². The number of alkyl halides is 3. The minimum absolute atomic E-state index is 0.120. The third kappa shape index (κ3) is 4.74. The van der Waals surface area contributed by atoms with Crippen molar-refractivity contribution in [3.63, 3.8) is 0 Å². The van der Waals surface area contributed by atoms with Crippen LogP contribution in [0.2, 0.25) is 5.02 Å². The number of amides is 1. The lowest BCUT2D eigenvalue weighted by molar-refractivity contribution is -0.137. The molecule has 1 amide bonds. The van der Waals surface area contributed by atoms with E-state index in [1.54, 1.807) is 18.2 Å². The maximum atomic E-state index is 13.7. The van der Waals surface area contributed by atoms with Crippen molar-refractivity contribution in [1.29, 1.82) is 0 Å².